The van der Waals surface area contributed by atoms with Crippen LogP contribution in [0.1, 0.15) is 18.9 Å². The van der Waals surface area contributed by atoms with Gasteiger partial charge in [0.2, 0.25) is 10.0 Å². The lowest BCUT2D eigenvalue weighted by Crippen LogP contribution is -2.34. The molecule has 0 amide bonds. The zero-order valence-electron chi connectivity index (χ0n) is 17.9. The molecule has 32 heavy (non-hydrogen) atoms. The molecule has 1 N–H and O–H groups in total. The average Bonchev–Trinajstić information content (AvgIpc) is 3.50. The first-order valence-electron chi connectivity index (χ1n) is 10.6. The van der Waals surface area contributed by atoms with Crippen LogP contribution >= 0.6 is 0 Å². The van der Waals surface area contributed by atoms with Crippen LogP contribution in [0.2, 0.25) is 0 Å². The highest BCUT2D eigenvalue weighted by Gasteiger charge is 2.38. The summed E-state index contributed by atoms with van der Waals surface area (Å²) >= 11 is 0. The van der Waals surface area contributed by atoms with E-state index in [0.29, 0.717) is 18.7 Å². The maximum Gasteiger partial charge on any atom is 0.243 e. The molecule has 0 radical (unpaired) electrons. The average molecular weight is 454 g/mol. The number of aromatic nitrogens is 4. The van der Waals surface area contributed by atoms with E-state index in [4.69, 9.17) is 4.98 Å². The Morgan fingerprint density at radius 2 is 2.06 bits per heavy atom. The normalized spacial score (nSPS) is 19.7. The van der Waals surface area contributed by atoms with Crippen LogP contribution in [0.15, 0.2) is 59.9 Å². The number of H-pyrrole nitrogens is 1. The van der Waals surface area contributed by atoms with Gasteiger partial charge in [-0.3, -0.25) is 5.10 Å². The third kappa shape index (κ3) is 3.61. The van der Waals surface area contributed by atoms with Gasteiger partial charge < -0.3 is 4.57 Å². The fourth-order valence-electron chi connectivity index (χ4n) is 4.55. The van der Waals surface area contributed by atoms with Gasteiger partial charge in [-0.25, -0.2) is 17.8 Å². The van der Waals surface area contributed by atoms with Crippen molar-refractivity contribution in [3.8, 4) is 11.3 Å². The predicted molar refractivity (Wildman–Crippen MR) is 120 cm³/mol. The first-order chi connectivity index (χ1) is 15.3. The number of aromatic amines is 1. The molecule has 166 valence electrons. The third-order valence-corrected chi connectivity index (χ3v) is 8.19. The quantitative estimate of drug-likeness (QED) is 0.496. The molecule has 1 aromatic carbocycles. The molecule has 2 atom stereocenters. The maximum atomic E-state index is 13.6. The van der Waals surface area contributed by atoms with Crippen molar-refractivity contribution in [1.82, 2.24) is 24.1 Å². The lowest BCUT2D eigenvalue weighted by atomic mass is 10.1. The van der Waals surface area contributed by atoms with Crippen molar-refractivity contribution in [2.24, 2.45) is 5.92 Å². The molecule has 4 aromatic rings. The second kappa shape index (κ2) is 7.83. The van der Waals surface area contributed by atoms with Gasteiger partial charge in [0.25, 0.3) is 0 Å². The minimum Gasteiger partial charge on any atom is -0.346 e. The van der Waals surface area contributed by atoms with Crippen LogP contribution in [0.3, 0.4) is 0 Å². The number of hydrogen-bond acceptors (Lipinski definition) is 4. The summed E-state index contributed by atoms with van der Waals surface area (Å²) in [4.78, 5) is 4.86. The first kappa shape index (κ1) is 20.8. The molecule has 4 heterocycles. The molecule has 0 unspecified atom stereocenters. The summed E-state index contributed by atoms with van der Waals surface area (Å²) < 4.78 is 43.7. The highest BCUT2D eigenvalue weighted by atomic mass is 32.2. The minimum atomic E-state index is -3.68. The number of nitrogens with zero attached hydrogens (tertiary/aromatic N) is 4. The Morgan fingerprint density at radius 3 is 2.81 bits per heavy atom. The SMILES string of the molecule is Cc1cc(S(=O)(=O)N2C[C@H](Cn3ccc4nc(-c5cn[nH]c5)ccc43)C[C@H]2C)ccc1F. The molecule has 1 fully saturated rings. The summed E-state index contributed by atoms with van der Waals surface area (Å²) in [6, 6.07) is 9.84. The monoisotopic (exact) mass is 453 g/mol. The van der Waals surface area contributed by atoms with E-state index in [9.17, 15) is 12.8 Å². The van der Waals surface area contributed by atoms with Gasteiger partial charge in [-0.2, -0.15) is 9.40 Å². The summed E-state index contributed by atoms with van der Waals surface area (Å²) in [5.74, 6) is -0.231. The van der Waals surface area contributed by atoms with Crippen molar-refractivity contribution < 1.29 is 12.8 Å². The van der Waals surface area contributed by atoms with E-state index in [-0.39, 0.29) is 16.9 Å². The molecule has 9 heteroatoms. The van der Waals surface area contributed by atoms with E-state index in [0.717, 1.165) is 28.7 Å². The van der Waals surface area contributed by atoms with Gasteiger partial charge >= 0.3 is 0 Å². The third-order valence-electron chi connectivity index (χ3n) is 6.21. The van der Waals surface area contributed by atoms with Gasteiger partial charge in [0, 0.05) is 37.1 Å². The van der Waals surface area contributed by atoms with E-state index >= 15 is 0 Å². The number of nitrogens with one attached hydrogen (secondary N) is 1. The second-order valence-corrected chi connectivity index (χ2v) is 10.4. The largest absolute Gasteiger partial charge is 0.346 e. The highest BCUT2D eigenvalue weighted by Crippen LogP contribution is 2.32. The standard InChI is InChI=1S/C23H24FN5O2S/c1-15-9-19(3-4-20(15)24)32(30,31)29-14-17(10-16(29)2)13-28-8-7-22-23(28)6-5-21(27-22)18-11-25-26-12-18/h3-9,11-12,16-17H,10,13-14H2,1-2H3,(H,25,26)/t16-,17+/m1/s1. The van der Waals surface area contributed by atoms with Crippen LogP contribution < -0.4 is 0 Å². The van der Waals surface area contributed by atoms with Crippen LogP contribution in [0.25, 0.3) is 22.3 Å². The number of hydrogen-bond donors (Lipinski definition) is 1. The Bertz CT molecular complexity index is 1380. The van der Waals surface area contributed by atoms with Crippen LogP contribution in [0, 0.1) is 18.7 Å². The summed E-state index contributed by atoms with van der Waals surface area (Å²) in [7, 11) is -3.68. The number of pyridine rings is 1. The van der Waals surface area contributed by atoms with Crippen molar-refractivity contribution in [1.29, 1.82) is 0 Å². The minimum absolute atomic E-state index is 0.122. The molecular weight excluding hydrogens is 429 g/mol. The molecule has 7 nitrogen and oxygen atoms in total. The maximum absolute atomic E-state index is 13.6. The molecule has 1 aliphatic rings. The van der Waals surface area contributed by atoms with Gasteiger partial charge in [0.1, 0.15) is 5.82 Å². The van der Waals surface area contributed by atoms with Crippen molar-refractivity contribution >= 4 is 21.1 Å². The van der Waals surface area contributed by atoms with Crippen LogP contribution in [0.5, 0.6) is 0 Å². The van der Waals surface area contributed by atoms with E-state index in [1.165, 1.54) is 18.2 Å². The molecule has 0 saturated carbocycles. The number of sulfonamides is 1. The van der Waals surface area contributed by atoms with E-state index in [1.54, 1.807) is 17.4 Å². The highest BCUT2D eigenvalue weighted by molar-refractivity contribution is 7.89. The first-order valence-corrected chi connectivity index (χ1v) is 12.0. The van der Waals surface area contributed by atoms with Crippen LogP contribution in [-0.2, 0) is 16.6 Å². The van der Waals surface area contributed by atoms with Crippen molar-refractivity contribution in [3.05, 3.63) is 66.4 Å². The zero-order chi connectivity index (χ0) is 22.5. The molecule has 1 aliphatic heterocycles. The molecule has 0 bridgehead atoms. The van der Waals surface area contributed by atoms with Crippen molar-refractivity contribution in [2.75, 3.05) is 6.54 Å². The summed E-state index contributed by atoms with van der Waals surface area (Å²) in [6.07, 6.45) is 6.31. The number of aryl methyl sites for hydroxylation is 1. The molecule has 1 saturated heterocycles. The Morgan fingerprint density at radius 1 is 1.22 bits per heavy atom. The Hall–Kier alpha value is -3.04. The lowest BCUT2D eigenvalue weighted by molar-refractivity contribution is 0.399. The lowest BCUT2D eigenvalue weighted by Gasteiger charge is -2.21. The van der Waals surface area contributed by atoms with Gasteiger partial charge in [-0.15, -0.1) is 0 Å². The molecule has 5 rings (SSSR count). The number of fused-ring (bicyclic) bond motifs is 1. The van der Waals surface area contributed by atoms with Crippen LogP contribution in [-0.4, -0.2) is 45.1 Å². The predicted octanol–water partition coefficient (Wildman–Crippen LogP) is 3.97. The van der Waals surface area contributed by atoms with Crippen molar-refractivity contribution in [2.45, 2.75) is 37.8 Å². The summed E-state index contributed by atoms with van der Waals surface area (Å²) in [5, 5.41) is 6.77. The van der Waals surface area contributed by atoms with E-state index in [1.807, 2.05) is 37.5 Å². The van der Waals surface area contributed by atoms with Crippen molar-refractivity contribution in [3.63, 3.8) is 0 Å². The van der Waals surface area contributed by atoms with Gasteiger partial charge in [-0.05, 0) is 68.1 Å². The fourth-order valence-corrected chi connectivity index (χ4v) is 6.36. The van der Waals surface area contributed by atoms with Gasteiger partial charge in [0.15, 0.2) is 0 Å². The van der Waals surface area contributed by atoms with Crippen LogP contribution in [0.4, 0.5) is 4.39 Å². The zero-order valence-corrected chi connectivity index (χ0v) is 18.7. The van der Waals surface area contributed by atoms with E-state index < -0.39 is 15.8 Å². The van der Waals surface area contributed by atoms with E-state index in [2.05, 4.69) is 14.8 Å². The molecule has 0 spiro atoms. The fraction of sp³-hybridized carbons (Fsp3) is 0.304. The number of benzene rings is 1. The summed E-state index contributed by atoms with van der Waals surface area (Å²) in [5.41, 5.74) is 4.02. The summed E-state index contributed by atoms with van der Waals surface area (Å²) in [6.45, 7) is 4.64. The Kier molecular flexibility index (Phi) is 5.10. The number of halogens is 1. The molecule has 3 aromatic heterocycles. The van der Waals surface area contributed by atoms with Gasteiger partial charge in [-0.1, -0.05) is 0 Å². The smallest absolute Gasteiger partial charge is 0.243 e. The Balaban J connectivity index is 1.36. The van der Waals surface area contributed by atoms with Gasteiger partial charge in [0.05, 0.1) is 27.8 Å². The topological polar surface area (TPSA) is 83.9 Å². The molecule has 0 aliphatic carbocycles. The molecular formula is C23H24FN5O2S. The number of rotatable bonds is 5. The Labute approximate surface area is 185 Å². The second-order valence-electron chi connectivity index (χ2n) is 8.49.